The number of fused-ring (bicyclic) bond motifs is 1. The van der Waals surface area contributed by atoms with Crippen LogP contribution in [-0.4, -0.2) is 5.91 Å². The molecule has 1 aromatic rings. The molecule has 0 atom stereocenters. The van der Waals surface area contributed by atoms with E-state index in [9.17, 15) is 4.79 Å². The zero-order valence-corrected chi connectivity index (χ0v) is 12.9. The fourth-order valence-electron chi connectivity index (χ4n) is 3.28. The molecule has 0 aliphatic carbocycles. The van der Waals surface area contributed by atoms with Gasteiger partial charge in [0, 0.05) is 0 Å². The Bertz CT molecular complexity index is 604. The van der Waals surface area contributed by atoms with Crippen molar-refractivity contribution in [2.45, 2.75) is 58.4 Å². The van der Waals surface area contributed by atoms with E-state index < -0.39 is 5.41 Å². The van der Waals surface area contributed by atoms with Crippen LogP contribution in [-0.2, 0) is 15.7 Å². The van der Waals surface area contributed by atoms with Crippen molar-refractivity contribution in [2.24, 2.45) is 0 Å². The number of amides is 1. The Morgan fingerprint density at radius 2 is 1.80 bits per heavy atom. The highest BCUT2D eigenvalue weighted by molar-refractivity contribution is 5.92. The van der Waals surface area contributed by atoms with Crippen LogP contribution in [0.15, 0.2) is 12.1 Å². The smallest absolute Gasteiger partial charge is 0.231 e. The standard InChI is InChI=1S/C17H22N2O/c1-7-17(8-2)13-10-14(18-6)11(3)9-12(13)16(4,5)19-15(17)20/h9-10H,7-8H2,1-5H3,(H,19,20). The minimum absolute atomic E-state index is 0.0831. The van der Waals surface area contributed by atoms with Gasteiger partial charge in [0.1, 0.15) is 0 Å². The number of hydrogen-bond donors (Lipinski definition) is 1. The van der Waals surface area contributed by atoms with Crippen molar-refractivity contribution < 1.29 is 4.79 Å². The molecule has 0 unspecified atom stereocenters. The number of nitrogens with one attached hydrogen (secondary N) is 1. The predicted octanol–water partition coefficient (Wildman–Crippen LogP) is 3.97. The molecule has 0 saturated heterocycles. The third kappa shape index (κ3) is 1.83. The largest absolute Gasteiger partial charge is 0.346 e. The summed E-state index contributed by atoms with van der Waals surface area (Å²) in [4.78, 5) is 16.3. The summed E-state index contributed by atoms with van der Waals surface area (Å²) >= 11 is 0. The molecule has 1 aliphatic heterocycles. The molecular weight excluding hydrogens is 248 g/mol. The van der Waals surface area contributed by atoms with Crippen LogP contribution in [0.25, 0.3) is 4.85 Å². The van der Waals surface area contributed by atoms with Gasteiger partial charge < -0.3 is 5.32 Å². The molecule has 1 aliphatic rings. The zero-order valence-electron chi connectivity index (χ0n) is 12.9. The number of carbonyl (C=O) groups excluding carboxylic acids is 1. The van der Waals surface area contributed by atoms with Gasteiger partial charge in [0.25, 0.3) is 0 Å². The summed E-state index contributed by atoms with van der Waals surface area (Å²) in [6.07, 6.45) is 1.50. The Labute approximate surface area is 121 Å². The van der Waals surface area contributed by atoms with Gasteiger partial charge in [0.2, 0.25) is 5.91 Å². The van der Waals surface area contributed by atoms with E-state index in [-0.39, 0.29) is 11.4 Å². The van der Waals surface area contributed by atoms with Crippen molar-refractivity contribution in [1.82, 2.24) is 5.32 Å². The van der Waals surface area contributed by atoms with Crippen LogP contribution < -0.4 is 5.32 Å². The minimum Gasteiger partial charge on any atom is -0.346 e. The molecule has 1 aromatic carbocycles. The van der Waals surface area contributed by atoms with E-state index >= 15 is 0 Å². The summed E-state index contributed by atoms with van der Waals surface area (Å²) in [5.41, 5.74) is 2.92. The number of carbonyl (C=O) groups is 1. The van der Waals surface area contributed by atoms with Crippen LogP contribution in [0, 0.1) is 13.5 Å². The van der Waals surface area contributed by atoms with Gasteiger partial charge in [0.05, 0.1) is 17.5 Å². The molecular formula is C17H22N2O. The summed E-state index contributed by atoms with van der Waals surface area (Å²) in [6, 6.07) is 4.01. The number of rotatable bonds is 2. The van der Waals surface area contributed by atoms with Crippen LogP contribution in [0.1, 0.15) is 57.2 Å². The monoisotopic (exact) mass is 270 g/mol. The van der Waals surface area contributed by atoms with Crippen molar-refractivity contribution in [1.29, 1.82) is 0 Å². The molecule has 1 amide bonds. The van der Waals surface area contributed by atoms with Crippen molar-refractivity contribution in [3.8, 4) is 0 Å². The first kappa shape index (κ1) is 14.6. The van der Waals surface area contributed by atoms with Crippen LogP contribution in [0.4, 0.5) is 5.69 Å². The summed E-state index contributed by atoms with van der Waals surface area (Å²) in [7, 11) is 0. The summed E-state index contributed by atoms with van der Waals surface area (Å²) in [5.74, 6) is 0.0831. The van der Waals surface area contributed by atoms with E-state index in [2.05, 4.69) is 16.2 Å². The second-order valence-corrected chi connectivity index (χ2v) is 6.16. The third-order valence-electron chi connectivity index (χ3n) is 4.71. The van der Waals surface area contributed by atoms with Crippen molar-refractivity contribution in [2.75, 3.05) is 0 Å². The second-order valence-electron chi connectivity index (χ2n) is 6.16. The molecule has 3 nitrogen and oxygen atoms in total. The van der Waals surface area contributed by atoms with E-state index in [1.165, 1.54) is 0 Å². The first-order chi connectivity index (χ1) is 9.32. The minimum atomic E-state index is -0.502. The molecule has 1 heterocycles. The fraction of sp³-hybridized carbons (Fsp3) is 0.529. The van der Waals surface area contributed by atoms with E-state index in [4.69, 9.17) is 6.57 Å². The van der Waals surface area contributed by atoms with Crippen LogP contribution in [0.3, 0.4) is 0 Å². The summed E-state index contributed by atoms with van der Waals surface area (Å²) in [6.45, 7) is 17.4. The maximum atomic E-state index is 12.7. The van der Waals surface area contributed by atoms with Crippen molar-refractivity contribution in [3.63, 3.8) is 0 Å². The van der Waals surface area contributed by atoms with Crippen molar-refractivity contribution in [3.05, 3.63) is 40.2 Å². The maximum Gasteiger partial charge on any atom is 0.231 e. The maximum absolute atomic E-state index is 12.7. The lowest BCUT2D eigenvalue weighted by atomic mass is 9.66. The van der Waals surface area contributed by atoms with E-state index in [0.717, 1.165) is 29.5 Å². The van der Waals surface area contributed by atoms with E-state index in [1.807, 2.05) is 40.7 Å². The number of nitrogens with zero attached hydrogens (tertiary/aromatic N) is 1. The first-order valence-electron chi connectivity index (χ1n) is 7.18. The predicted molar refractivity (Wildman–Crippen MR) is 80.9 cm³/mol. The topological polar surface area (TPSA) is 33.5 Å². The van der Waals surface area contributed by atoms with Gasteiger partial charge >= 0.3 is 0 Å². The highest BCUT2D eigenvalue weighted by atomic mass is 16.2. The van der Waals surface area contributed by atoms with E-state index in [1.54, 1.807) is 0 Å². The third-order valence-corrected chi connectivity index (χ3v) is 4.71. The molecule has 1 N–H and O–H groups in total. The lowest BCUT2D eigenvalue weighted by Gasteiger charge is -2.45. The Morgan fingerprint density at radius 3 is 2.30 bits per heavy atom. The lowest BCUT2D eigenvalue weighted by molar-refractivity contribution is -0.130. The number of benzene rings is 1. The quantitative estimate of drug-likeness (QED) is 0.811. The van der Waals surface area contributed by atoms with Gasteiger partial charge in [-0.3, -0.25) is 4.79 Å². The molecule has 0 fully saturated rings. The zero-order chi connectivity index (χ0) is 15.1. The average molecular weight is 270 g/mol. The SMILES string of the molecule is [C-]#[N+]c1cc2c(cc1C)C(C)(C)NC(=O)C2(CC)CC. The lowest BCUT2D eigenvalue weighted by Crippen LogP contribution is -2.56. The molecule has 0 aromatic heterocycles. The molecule has 3 heteroatoms. The first-order valence-corrected chi connectivity index (χ1v) is 7.18. The Hall–Kier alpha value is -1.82. The van der Waals surface area contributed by atoms with Crippen LogP contribution in [0.5, 0.6) is 0 Å². The molecule has 0 spiro atoms. The Kier molecular flexibility index (Phi) is 3.37. The van der Waals surface area contributed by atoms with Gasteiger partial charge in [-0.1, -0.05) is 26.0 Å². The average Bonchev–Trinajstić information content (AvgIpc) is 2.40. The molecule has 0 radical (unpaired) electrons. The highest BCUT2D eigenvalue weighted by Gasteiger charge is 2.46. The molecule has 0 saturated carbocycles. The molecule has 106 valence electrons. The van der Waals surface area contributed by atoms with Gasteiger partial charge in [0.15, 0.2) is 5.69 Å². The second kappa shape index (κ2) is 4.63. The summed E-state index contributed by atoms with van der Waals surface area (Å²) in [5, 5.41) is 3.15. The van der Waals surface area contributed by atoms with Crippen LogP contribution >= 0.6 is 0 Å². The van der Waals surface area contributed by atoms with Crippen molar-refractivity contribution >= 4 is 11.6 Å². The Balaban J connectivity index is 2.83. The highest BCUT2D eigenvalue weighted by Crippen LogP contribution is 2.44. The normalized spacial score (nSPS) is 18.9. The van der Waals surface area contributed by atoms with E-state index in [0.29, 0.717) is 5.69 Å². The molecule has 0 bridgehead atoms. The van der Waals surface area contributed by atoms with Gasteiger partial charge in [-0.25, -0.2) is 4.85 Å². The van der Waals surface area contributed by atoms with Gasteiger partial charge in [-0.2, -0.15) is 0 Å². The van der Waals surface area contributed by atoms with Gasteiger partial charge in [-0.15, -0.1) is 0 Å². The molecule has 20 heavy (non-hydrogen) atoms. The Morgan fingerprint density at radius 1 is 1.20 bits per heavy atom. The molecule has 2 rings (SSSR count). The van der Waals surface area contributed by atoms with Crippen LogP contribution in [0.2, 0.25) is 0 Å². The number of aryl methyl sites for hydroxylation is 1. The summed E-state index contributed by atoms with van der Waals surface area (Å²) < 4.78 is 0. The number of hydrogen-bond acceptors (Lipinski definition) is 1. The fourth-order valence-corrected chi connectivity index (χ4v) is 3.28. The van der Waals surface area contributed by atoms with Gasteiger partial charge in [-0.05, 0) is 50.3 Å².